The molecule has 4 heteroatoms. The van der Waals surface area contributed by atoms with E-state index in [4.69, 9.17) is 4.74 Å². The maximum absolute atomic E-state index is 12.3. The van der Waals surface area contributed by atoms with Gasteiger partial charge in [-0.15, -0.1) is 0 Å². The Balaban J connectivity index is 1.74. The first-order valence-electron chi connectivity index (χ1n) is 9.12. The second kappa shape index (κ2) is 7.67. The van der Waals surface area contributed by atoms with Crippen molar-refractivity contribution >= 4 is 6.09 Å². The summed E-state index contributed by atoms with van der Waals surface area (Å²) in [5.41, 5.74) is -0.407. The van der Waals surface area contributed by atoms with Gasteiger partial charge in [0, 0.05) is 25.2 Å². The number of amides is 1. The van der Waals surface area contributed by atoms with Crippen LogP contribution in [0.1, 0.15) is 72.6 Å². The van der Waals surface area contributed by atoms with Crippen molar-refractivity contribution in [3.8, 4) is 0 Å². The maximum Gasteiger partial charge on any atom is 0.410 e. The zero-order valence-electron chi connectivity index (χ0n) is 14.9. The molecule has 0 heterocycles. The Bertz CT molecular complexity index is 361. The molecule has 2 atom stereocenters. The third-order valence-corrected chi connectivity index (χ3v) is 4.76. The standard InChI is InChI=1S/C18H34N2O2/c1-5-14-7-6-8-15(13-14)19-11-12-20(16-9-10-16)17(21)22-18(2,3)4/h14-16,19H,5-13H2,1-4H3. The van der Waals surface area contributed by atoms with Crippen LogP contribution in [0.3, 0.4) is 0 Å². The van der Waals surface area contributed by atoms with Crippen LogP contribution in [0.25, 0.3) is 0 Å². The summed E-state index contributed by atoms with van der Waals surface area (Å²) >= 11 is 0. The molecule has 1 N–H and O–H groups in total. The third kappa shape index (κ3) is 5.79. The Labute approximate surface area is 136 Å². The summed E-state index contributed by atoms with van der Waals surface area (Å²) in [6.07, 6.45) is 8.71. The number of carbonyl (C=O) groups excluding carboxylic acids is 1. The van der Waals surface area contributed by atoms with Crippen molar-refractivity contribution in [2.24, 2.45) is 5.92 Å². The molecule has 2 unspecified atom stereocenters. The smallest absolute Gasteiger partial charge is 0.410 e. The van der Waals surface area contributed by atoms with E-state index in [1.54, 1.807) is 0 Å². The minimum atomic E-state index is -0.407. The molecule has 0 saturated heterocycles. The van der Waals surface area contributed by atoms with Gasteiger partial charge in [0.15, 0.2) is 0 Å². The van der Waals surface area contributed by atoms with Crippen molar-refractivity contribution in [3.63, 3.8) is 0 Å². The highest BCUT2D eigenvalue weighted by Gasteiger charge is 2.35. The largest absolute Gasteiger partial charge is 0.444 e. The lowest BCUT2D eigenvalue weighted by Gasteiger charge is -2.31. The number of carbonyl (C=O) groups is 1. The Hall–Kier alpha value is -0.770. The third-order valence-electron chi connectivity index (χ3n) is 4.76. The van der Waals surface area contributed by atoms with E-state index in [0.717, 1.165) is 31.8 Å². The lowest BCUT2D eigenvalue weighted by molar-refractivity contribution is 0.0233. The molecule has 2 aliphatic carbocycles. The number of ether oxygens (including phenoxy) is 1. The highest BCUT2D eigenvalue weighted by Crippen LogP contribution is 2.29. The fourth-order valence-electron chi connectivity index (χ4n) is 3.37. The van der Waals surface area contributed by atoms with Crippen LogP contribution in [0.2, 0.25) is 0 Å². The first-order chi connectivity index (χ1) is 10.4. The molecule has 0 aromatic rings. The molecular weight excluding hydrogens is 276 g/mol. The van der Waals surface area contributed by atoms with Gasteiger partial charge in [-0.2, -0.15) is 0 Å². The molecule has 2 fully saturated rings. The molecule has 4 nitrogen and oxygen atoms in total. The number of nitrogens with one attached hydrogen (secondary N) is 1. The predicted octanol–water partition coefficient (Wildman–Crippen LogP) is 3.94. The number of rotatable bonds is 6. The van der Waals surface area contributed by atoms with Gasteiger partial charge in [0.25, 0.3) is 0 Å². The van der Waals surface area contributed by atoms with E-state index >= 15 is 0 Å². The predicted molar refractivity (Wildman–Crippen MR) is 90.0 cm³/mol. The van der Waals surface area contributed by atoms with Crippen LogP contribution >= 0.6 is 0 Å². The Morgan fingerprint density at radius 3 is 2.55 bits per heavy atom. The average Bonchev–Trinajstić information content (AvgIpc) is 3.26. The Morgan fingerprint density at radius 1 is 1.23 bits per heavy atom. The van der Waals surface area contributed by atoms with Gasteiger partial charge in [0.2, 0.25) is 0 Å². The maximum atomic E-state index is 12.3. The number of nitrogens with zero attached hydrogens (tertiary/aromatic N) is 1. The SMILES string of the molecule is CCC1CCCC(NCCN(C(=O)OC(C)(C)C)C2CC2)C1. The summed E-state index contributed by atoms with van der Waals surface area (Å²) in [6.45, 7) is 9.75. The second-order valence-corrected chi connectivity index (χ2v) is 8.00. The number of hydrogen-bond donors (Lipinski definition) is 1. The molecule has 0 aromatic heterocycles. The monoisotopic (exact) mass is 310 g/mol. The highest BCUT2D eigenvalue weighted by atomic mass is 16.6. The van der Waals surface area contributed by atoms with Crippen molar-refractivity contribution in [3.05, 3.63) is 0 Å². The van der Waals surface area contributed by atoms with Gasteiger partial charge in [-0.05, 0) is 52.4 Å². The van der Waals surface area contributed by atoms with E-state index < -0.39 is 5.60 Å². The van der Waals surface area contributed by atoms with Crippen molar-refractivity contribution in [1.82, 2.24) is 10.2 Å². The summed E-state index contributed by atoms with van der Waals surface area (Å²) in [5.74, 6) is 0.886. The van der Waals surface area contributed by atoms with Crippen molar-refractivity contribution in [1.29, 1.82) is 0 Å². The molecule has 22 heavy (non-hydrogen) atoms. The molecule has 2 rings (SSSR count). The highest BCUT2D eigenvalue weighted by molar-refractivity contribution is 5.69. The van der Waals surface area contributed by atoms with Gasteiger partial charge >= 0.3 is 6.09 Å². The lowest BCUT2D eigenvalue weighted by atomic mass is 9.84. The van der Waals surface area contributed by atoms with E-state index in [9.17, 15) is 4.79 Å². The quantitative estimate of drug-likeness (QED) is 0.808. The molecule has 0 bridgehead atoms. The molecule has 0 aliphatic heterocycles. The van der Waals surface area contributed by atoms with Gasteiger partial charge in [0.1, 0.15) is 5.60 Å². The normalized spacial score (nSPS) is 25.8. The van der Waals surface area contributed by atoms with Crippen LogP contribution in [0.5, 0.6) is 0 Å². The lowest BCUT2D eigenvalue weighted by Crippen LogP contribution is -2.44. The fraction of sp³-hybridized carbons (Fsp3) is 0.944. The van der Waals surface area contributed by atoms with Crippen LogP contribution in [-0.4, -0.2) is 41.8 Å². The first-order valence-corrected chi connectivity index (χ1v) is 9.12. The zero-order valence-corrected chi connectivity index (χ0v) is 14.9. The van der Waals surface area contributed by atoms with Crippen molar-refractivity contribution in [2.75, 3.05) is 13.1 Å². The Kier molecular flexibility index (Phi) is 6.13. The van der Waals surface area contributed by atoms with Gasteiger partial charge in [-0.1, -0.05) is 26.2 Å². The van der Waals surface area contributed by atoms with Gasteiger partial charge in [0.05, 0.1) is 0 Å². The van der Waals surface area contributed by atoms with Gasteiger partial charge in [-0.3, -0.25) is 0 Å². The number of hydrogen-bond acceptors (Lipinski definition) is 3. The fourth-order valence-corrected chi connectivity index (χ4v) is 3.37. The molecule has 0 spiro atoms. The second-order valence-electron chi connectivity index (χ2n) is 8.00. The summed E-state index contributed by atoms with van der Waals surface area (Å²) in [6, 6.07) is 1.05. The van der Waals surface area contributed by atoms with E-state index in [2.05, 4.69) is 12.2 Å². The van der Waals surface area contributed by atoms with Crippen LogP contribution in [0.4, 0.5) is 4.79 Å². The first kappa shape index (κ1) is 17.6. The van der Waals surface area contributed by atoms with Gasteiger partial charge in [-0.25, -0.2) is 4.79 Å². The summed E-state index contributed by atoms with van der Waals surface area (Å²) in [7, 11) is 0. The topological polar surface area (TPSA) is 41.6 Å². The minimum Gasteiger partial charge on any atom is -0.444 e. The molecule has 128 valence electrons. The molecule has 1 amide bonds. The zero-order chi connectivity index (χ0) is 16.2. The molecule has 2 saturated carbocycles. The Morgan fingerprint density at radius 2 is 1.95 bits per heavy atom. The molecular formula is C18H34N2O2. The minimum absolute atomic E-state index is 0.146. The van der Waals surface area contributed by atoms with Crippen LogP contribution in [0.15, 0.2) is 0 Å². The van der Waals surface area contributed by atoms with Crippen LogP contribution < -0.4 is 5.32 Å². The molecule has 0 aromatic carbocycles. The van der Waals surface area contributed by atoms with Crippen molar-refractivity contribution < 1.29 is 9.53 Å². The average molecular weight is 310 g/mol. The molecule has 2 aliphatic rings. The summed E-state index contributed by atoms with van der Waals surface area (Å²) < 4.78 is 5.54. The van der Waals surface area contributed by atoms with E-state index in [0.29, 0.717) is 12.1 Å². The van der Waals surface area contributed by atoms with E-state index in [1.807, 2.05) is 25.7 Å². The van der Waals surface area contributed by atoms with Crippen LogP contribution in [0, 0.1) is 5.92 Å². The van der Waals surface area contributed by atoms with E-state index in [-0.39, 0.29) is 6.09 Å². The van der Waals surface area contributed by atoms with Gasteiger partial charge < -0.3 is 15.0 Å². The molecule has 0 radical (unpaired) electrons. The van der Waals surface area contributed by atoms with Crippen LogP contribution in [-0.2, 0) is 4.74 Å². The summed E-state index contributed by atoms with van der Waals surface area (Å²) in [5, 5.41) is 3.67. The summed E-state index contributed by atoms with van der Waals surface area (Å²) in [4.78, 5) is 14.2. The van der Waals surface area contributed by atoms with E-state index in [1.165, 1.54) is 32.1 Å². The van der Waals surface area contributed by atoms with Crippen molar-refractivity contribution in [2.45, 2.75) is 90.3 Å².